The number of methoxy groups -OCH3 is 1. The molecule has 0 bridgehead atoms. The van der Waals surface area contributed by atoms with Gasteiger partial charge in [-0.15, -0.1) is 0 Å². The van der Waals surface area contributed by atoms with E-state index in [1.807, 2.05) is 24.3 Å². The van der Waals surface area contributed by atoms with Crippen LogP contribution in [-0.2, 0) is 0 Å². The number of ether oxygens (including phenoxy) is 1. The van der Waals surface area contributed by atoms with Gasteiger partial charge in [0.25, 0.3) is 5.52 Å². The number of rotatable bonds is 2. The van der Waals surface area contributed by atoms with Gasteiger partial charge in [-0.25, -0.2) is 0 Å². The highest BCUT2D eigenvalue weighted by atomic mass is 16.5. The molecule has 0 spiro atoms. The topological polar surface area (TPSA) is 62.2 Å². The minimum atomic E-state index is 0.459. The van der Waals surface area contributed by atoms with E-state index in [-0.39, 0.29) is 0 Å². The Hall–Kier alpha value is -2.56. The quantitative estimate of drug-likeness (QED) is 0.522. The second kappa shape index (κ2) is 4.28. The predicted molar refractivity (Wildman–Crippen MR) is 69.7 cm³/mol. The van der Waals surface area contributed by atoms with E-state index in [9.17, 15) is 5.21 Å². The number of fused-ring (bicyclic) bond motifs is 1. The molecule has 0 unspecified atom stereocenters. The fraction of sp³-hybridized carbons (Fsp3) is 0.143. The summed E-state index contributed by atoms with van der Waals surface area (Å²) in [5.74, 6) is 0.708. The van der Waals surface area contributed by atoms with E-state index in [1.165, 1.54) is 0 Å². The van der Waals surface area contributed by atoms with Crippen LogP contribution in [0.4, 0.5) is 0 Å². The highest BCUT2D eigenvalue weighted by molar-refractivity contribution is 5.73. The third-order valence-electron chi connectivity index (χ3n) is 3.04. The lowest BCUT2D eigenvalue weighted by atomic mass is 10.1. The van der Waals surface area contributed by atoms with E-state index in [0.717, 1.165) is 10.3 Å². The smallest absolute Gasteiger partial charge is 0.287 e. The van der Waals surface area contributed by atoms with Crippen LogP contribution in [0.3, 0.4) is 0 Å². The van der Waals surface area contributed by atoms with Crippen LogP contribution in [0.25, 0.3) is 22.4 Å². The molecular weight excluding hydrogens is 244 g/mol. The van der Waals surface area contributed by atoms with Gasteiger partial charge in [-0.1, -0.05) is 11.2 Å². The number of benzene rings is 1. The van der Waals surface area contributed by atoms with Gasteiger partial charge in [0, 0.05) is 6.07 Å². The summed E-state index contributed by atoms with van der Waals surface area (Å²) in [6, 6.07) is 10.8. The Balaban J connectivity index is 2.24. The molecule has 2 heterocycles. The molecular formula is C14H12N2O3. The zero-order valence-electron chi connectivity index (χ0n) is 10.6. The lowest BCUT2D eigenvalue weighted by Crippen LogP contribution is -2.30. The predicted octanol–water partition coefficient (Wildman–Crippen LogP) is 2.45. The van der Waals surface area contributed by atoms with Gasteiger partial charge in [0.15, 0.2) is 5.69 Å². The number of hydrogen-bond donors (Lipinski definition) is 0. The first-order valence-electron chi connectivity index (χ1n) is 5.83. The second-order valence-electron chi connectivity index (χ2n) is 4.23. The molecule has 96 valence electrons. The fourth-order valence-corrected chi connectivity index (χ4v) is 2.08. The van der Waals surface area contributed by atoms with Crippen molar-refractivity contribution in [2.75, 3.05) is 7.11 Å². The molecule has 0 aliphatic carbocycles. The molecule has 5 nitrogen and oxygen atoms in total. The number of hydrogen-bond acceptors (Lipinski definition) is 4. The lowest BCUT2D eigenvalue weighted by Gasteiger charge is -2.06. The van der Waals surface area contributed by atoms with Crippen LogP contribution in [0.15, 0.2) is 40.9 Å². The molecule has 0 radical (unpaired) electrons. The van der Waals surface area contributed by atoms with E-state index >= 15 is 0 Å². The first-order chi connectivity index (χ1) is 9.20. The van der Waals surface area contributed by atoms with Crippen molar-refractivity contribution in [3.63, 3.8) is 0 Å². The maximum atomic E-state index is 12.4. The molecule has 1 aromatic carbocycles. The van der Waals surface area contributed by atoms with Crippen molar-refractivity contribution in [2.24, 2.45) is 0 Å². The molecule has 19 heavy (non-hydrogen) atoms. The normalized spacial score (nSPS) is 10.8. The average molecular weight is 256 g/mol. The van der Waals surface area contributed by atoms with Crippen LogP contribution in [0, 0.1) is 12.1 Å². The van der Waals surface area contributed by atoms with Crippen LogP contribution in [0.2, 0.25) is 0 Å². The fourth-order valence-electron chi connectivity index (χ4n) is 2.08. The van der Waals surface area contributed by atoms with Gasteiger partial charge in [-0.05, 0) is 31.2 Å². The molecule has 0 aliphatic rings. The Morgan fingerprint density at radius 3 is 2.89 bits per heavy atom. The molecule has 0 saturated heterocycles. The SMILES string of the molecule is COc1cccc(-c2ccc3onc(C)c3[n+]2[O-])c1. The number of aryl methyl sites for hydroxylation is 1. The Kier molecular flexibility index (Phi) is 2.59. The van der Waals surface area contributed by atoms with E-state index < -0.39 is 0 Å². The molecule has 2 aromatic heterocycles. The number of pyridine rings is 1. The van der Waals surface area contributed by atoms with Crippen molar-refractivity contribution >= 4 is 11.1 Å². The largest absolute Gasteiger partial charge is 0.618 e. The molecule has 0 amide bonds. The Labute approximate surface area is 109 Å². The van der Waals surface area contributed by atoms with Gasteiger partial charge in [0.1, 0.15) is 5.75 Å². The van der Waals surface area contributed by atoms with Crippen LogP contribution in [-0.4, -0.2) is 12.3 Å². The molecule has 0 saturated carbocycles. The Morgan fingerprint density at radius 2 is 2.11 bits per heavy atom. The van der Waals surface area contributed by atoms with Gasteiger partial charge in [-0.3, -0.25) is 0 Å². The van der Waals surface area contributed by atoms with Gasteiger partial charge in [0.05, 0.1) is 12.7 Å². The van der Waals surface area contributed by atoms with Crippen LogP contribution >= 0.6 is 0 Å². The van der Waals surface area contributed by atoms with Gasteiger partial charge in [0.2, 0.25) is 11.3 Å². The molecule has 0 atom stereocenters. The highest BCUT2D eigenvalue weighted by Crippen LogP contribution is 2.23. The minimum absolute atomic E-state index is 0.459. The maximum Gasteiger partial charge on any atom is 0.287 e. The highest BCUT2D eigenvalue weighted by Gasteiger charge is 2.18. The Morgan fingerprint density at radius 1 is 1.26 bits per heavy atom. The first-order valence-corrected chi connectivity index (χ1v) is 5.83. The zero-order chi connectivity index (χ0) is 13.4. The van der Waals surface area contributed by atoms with E-state index in [0.29, 0.717) is 28.2 Å². The van der Waals surface area contributed by atoms with E-state index in [2.05, 4.69) is 5.16 Å². The molecule has 0 aliphatic heterocycles. The van der Waals surface area contributed by atoms with Crippen molar-refractivity contribution in [1.29, 1.82) is 0 Å². The molecule has 3 rings (SSSR count). The van der Waals surface area contributed by atoms with Gasteiger partial charge >= 0.3 is 0 Å². The summed E-state index contributed by atoms with van der Waals surface area (Å²) < 4.78 is 11.1. The summed E-state index contributed by atoms with van der Waals surface area (Å²) >= 11 is 0. The number of nitrogens with zero attached hydrogens (tertiary/aromatic N) is 2. The van der Waals surface area contributed by atoms with Crippen LogP contribution in [0.1, 0.15) is 5.69 Å². The van der Waals surface area contributed by atoms with Crippen molar-refractivity contribution in [1.82, 2.24) is 5.16 Å². The summed E-state index contributed by atoms with van der Waals surface area (Å²) in [5.41, 5.74) is 2.85. The summed E-state index contributed by atoms with van der Waals surface area (Å²) in [6.07, 6.45) is 0. The minimum Gasteiger partial charge on any atom is -0.618 e. The first kappa shape index (κ1) is 11.5. The van der Waals surface area contributed by atoms with Crippen molar-refractivity contribution < 1.29 is 14.0 Å². The van der Waals surface area contributed by atoms with Crippen molar-refractivity contribution in [2.45, 2.75) is 6.92 Å². The van der Waals surface area contributed by atoms with Gasteiger partial charge in [-0.2, -0.15) is 4.73 Å². The maximum absolute atomic E-state index is 12.4. The summed E-state index contributed by atoms with van der Waals surface area (Å²) in [6.45, 7) is 1.75. The summed E-state index contributed by atoms with van der Waals surface area (Å²) in [5, 5.41) is 16.2. The zero-order valence-corrected chi connectivity index (χ0v) is 10.6. The standard InChI is InChI=1S/C14H12N2O3/c1-9-14-13(19-15-9)7-6-12(16(14)17)10-4-3-5-11(8-10)18-2/h3-8H,1-2H3. The van der Waals surface area contributed by atoms with Crippen LogP contribution in [0.5, 0.6) is 5.75 Å². The molecule has 0 N–H and O–H groups in total. The summed E-state index contributed by atoms with van der Waals surface area (Å²) in [4.78, 5) is 0. The Bertz CT molecular complexity index is 750. The third kappa shape index (κ3) is 1.79. The summed E-state index contributed by atoms with van der Waals surface area (Å²) in [7, 11) is 1.59. The monoisotopic (exact) mass is 256 g/mol. The van der Waals surface area contributed by atoms with Gasteiger partial charge < -0.3 is 14.5 Å². The van der Waals surface area contributed by atoms with Crippen molar-refractivity contribution in [3.05, 3.63) is 47.3 Å². The molecule has 5 heteroatoms. The van der Waals surface area contributed by atoms with E-state index in [4.69, 9.17) is 9.26 Å². The lowest BCUT2D eigenvalue weighted by molar-refractivity contribution is -0.565. The van der Waals surface area contributed by atoms with Crippen molar-refractivity contribution in [3.8, 4) is 17.0 Å². The second-order valence-corrected chi connectivity index (χ2v) is 4.23. The number of aromatic nitrogens is 2. The molecule has 3 aromatic rings. The molecule has 0 fully saturated rings. The third-order valence-corrected chi connectivity index (χ3v) is 3.04. The van der Waals surface area contributed by atoms with Crippen LogP contribution < -0.4 is 9.47 Å². The average Bonchev–Trinajstić information content (AvgIpc) is 2.82. The van der Waals surface area contributed by atoms with E-state index in [1.54, 1.807) is 26.2 Å².